The number of hydrogen-bond donors (Lipinski definition) is 0. The van der Waals surface area contributed by atoms with Gasteiger partial charge in [0.1, 0.15) is 22.7 Å². The van der Waals surface area contributed by atoms with Gasteiger partial charge in [0, 0.05) is 23.6 Å². The van der Waals surface area contributed by atoms with Crippen LogP contribution < -0.4 is 18.9 Å². The van der Waals surface area contributed by atoms with E-state index in [1.165, 1.54) is 42.0 Å². The number of allylic oxidation sites excluding steroid dienone is 4. The molecule has 1 atom stereocenters. The summed E-state index contributed by atoms with van der Waals surface area (Å²) in [6, 6.07) is 12.9. The molecular formula is C31H37N2O2S2+. The van der Waals surface area contributed by atoms with Crippen molar-refractivity contribution in [3.05, 3.63) is 69.7 Å². The average molecular weight is 534 g/mol. The highest BCUT2D eigenvalue weighted by atomic mass is 32.2. The van der Waals surface area contributed by atoms with Crippen molar-refractivity contribution in [2.24, 2.45) is 5.92 Å². The van der Waals surface area contributed by atoms with Crippen LogP contribution >= 0.6 is 23.1 Å². The molecule has 0 fully saturated rings. The minimum absolute atomic E-state index is 0.616. The van der Waals surface area contributed by atoms with E-state index in [1.807, 2.05) is 36.9 Å². The Bertz CT molecular complexity index is 1390. The number of aromatic nitrogens is 1. The minimum atomic E-state index is 0.616. The Morgan fingerprint density at radius 1 is 0.973 bits per heavy atom. The van der Waals surface area contributed by atoms with E-state index in [1.54, 1.807) is 0 Å². The normalized spacial score (nSPS) is 19.5. The van der Waals surface area contributed by atoms with Gasteiger partial charge in [-0.3, -0.25) is 0 Å². The largest absolute Gasteiger partial charge is 0.494 e. The molecule has 0 saturated carbocycles. The number of anilines is 1. The van der Waals surface area contributed by atoms with Crippen LogP contribution in [0.25, 0.3) is 16.3 Å². The molecule has 1 aliphatic carbocycles. The van der Waals surface area contributed by atoms with Crippen molar-refractivity contribution < 1.29 is 14.0 Å². The van der Waals surface area contributed by atoms with E-state index >= 15 is 0 Å². The maximum absolute atomic E-state index is 5.77. The highest BCUT2D eigenvalue weighted by Crippen LogP contribution is 2.48. The standard InChI is InChI=1S/C31H37N2O2S2/c1-6-32-26-19-24(34-8-3)10-12-28(26)36-30(32)17-22-14-21(5)15-23(16-22)18-31-33(7-2)27-20-25(35-9-4)11-13-29(27)37-31/h10-13,16-21H,6-9,14-15H2,1-5H3/q+1. The third kappa shape index (κ3) is 5.46. The number of aryl methyl sites for hydroxylation is 1. The van der Waals surface area contributed by atoms with Gasteiger partial charge >= 0.3 is 0 Å². The van der Waals surface area contributed by atoms with Crippen LogP contribution in [0, 0.1) is 5.92 Å². The first-order valence-corrected chi connectivity index (χ1v) is 15.1. The zero-order valence-corrected chi connectivity index (χ0v) is 24.2. The molecule has 0 amide bonds. The SMILES string of the molecule is CCOc1ccc2c(c1)N(CC)C(=CC1=CC(=Cc3sc4ccc(OCC)cc4[n+]3CC)CC(C)C1)S2. The molecule has 4 nitrogen and oxygen atoms in total. The molecule has 6 heteroatoms. The fourth-order valence-corrected chi connectivity index (χ4v) is 7.66. The third-order valence-corrected chi connectivity index (χ3v) is 9.04. The third-order valence-electron chi connectivity index (χ3n) is 6.81. The molecule has 1 aliphatic heterocycles. The molecule has 0 spiro atoms. The lowest BCUT2D eigenvalue weighted by Gasteiger charge is -2.22. The first kappa shape index (κ1) is 25.9. The van der Waals surface area contributed by atoms with Crippen molar-refractivity contribution >= 4 is 45.1 Å². The Morgan fingerprint density at radius 2 is 1.73 bits per heavy atom. The molecule has 0 N–H and O–H groups in total. The maximum atomic E-state index is 5.77. The van der Waals surface area contributed by atoms with Crippen molar-refractivity contribution in [2.75, 3.05) is 24.7 Å². The minimum Gasteiger partial charge on any atom is -0.494 e. The van der Waals surface area contributed by atoms with Gasteiger partial charge in [0.05, 0.1) is 30.0 Å². The molecule has 3 aromatic rings. The van der Waals surface area contributed by atoms with E-state index in [9.17, 15) is 0 Å². The molecule has 0 saturated heterocycles. The van der Waals surface area contributed by atoms with Crippen LogP contribution in [0.3, 0.4) is 0 Å². The van der Waals surface area contributed by atoms with Gasteiger partial charge in [-0.2, -0.15) is 4.57 Å². The smallest absolute Gasteiger partial charge is 0.263 e. The van der Waals surface area contributed by atoms with Crippen molar-refractivity contribution in [2.45, 2.75) is 58.9 Å². The molecule has 194 valence electrons. The molecule has 0 bridgehead atoms. The first-order chi connectivity index (χ1) is 18.0. The van der Waals surface area contributed by atoms with E-state index in [2.05, 4.69) is 84.9 Å². The summed E-state index contributed by atoms with van der Waals surface area (Å²) in [7, 11) is 0. The number of benzene rings is 2. The molecule has 2 heterocycles. The van der Waals surface area contributed by atoms with Crippen LogP contribution in [0.4, 0.5) is 5.69 Å². The number of nitrogens with zero attached hydrogens (tertiary/aromatic N) is 2. The summed E-state index contributed by atoms with van der Waals surface area (Å²) in [5.41, 5.74) is 5.33. The van der Waals surface area contributed by atoms with Crippen LogP contribution in [-0.2, 0) is 6.54 Å². The Balaban J connectivity index is 1.47. The maximum Gasteiger partial charge on any atom is 0.263 e. The predicted molar refractivity (Wildman–Crippen MR) is 158 cm³/mol. The summed E-state index contributed by atoms with van der Waals surface area (Å²) in [5.74, 6) is 2.50. The monoisotopic (exact) mass is 533 g/mol. The zero-order chi connectivity index (χ0) is 25.9. The quantitative estimate of drug-likeness (QED) is 0.272. The molecule has 0 radical (unpaired) electrons. The van der Waals surface area contributed by atoms with Gasteiger partial charge in [-0.05, 0) is 87.9 Å². The summed E-state index contributed by atoms with van der Waals surface area (Å²) in [6.45, 7) is 14.1. The second kappa shape index (κ2) is 11.4. The molecule has 1 aromatic heterocycles. The second-order valence-electron chi connectivity index (χ2n) is 9.59. The van der Waals surface area contributed by atoms with E-state index in [0.29, 0.717) is 19.1 Å². The summed E-state index contributed by atoms with van der Waals surface area (Å²) >= 11 is 3.73. The van der Waals surface area contributed by atoms with E-state index in [4.69, 9.17) is 9.47 Å². The lowest BCUT2D eigenvalue weighted by molar-refractivity contribution is -0.665. The lowest BCUT2D eigenvalue weighted by atomic mass is 9.87. The second-order valence-corrected chi connectivity index (χ2v) is 11.7. The number of thioether (sulfide) groups is 1. The van der Waals surface area contributed by atoms with Gasteiger partial charge in [-0.1, -0.05) is 36.1 Å². The molecule has 1 unspecified atom stereocenters. The number of rotatable bonds is 8. The van der Waals surface area contributed by atoms with E-state index in [0.717, 1.165) is 37.4 Å². The Morgan fingerprint density at radius 3 is 2.46 bits per heavy atom. The summed E-state index contributed by atoms with van der Waals surface area (Å²) in [5, 5.41) is 2.61. The molecular weight excluding hydrogens is 496 g/mol. The van der Waals surface area contributed by atoms with Crippen LogP contribution in [0.5, 0.6) is 11.5 Å². The van der Waals surface area contributed by atoms with Gasteiger partial charge < -0.3 is 14.4 Å². The van der Waals surface area contributed by atoms with Crippen molar-refractivity contribution in [3.8, 4) is 11.5 Å². The Kier molecular flexibility index (Phi) is 7.96. The van der Waals surface area contributed by atoms with E-state index < -0.39 is 0 Å². The zero-order valence-electron chi connectivity index (χ0n) is 22.5. The molecule has 37 heavy (non-hydrogen) atoms. The van der Waals surface area contributed by atoms with Crippen molar-refractivity contribution in [3.63, 3.8) is 0 Å². The summed E-state index contributed by atoms with van der Waals surface area (Å²) in [6.07, 6.45) is 9.46. The fourth-order valence-electron chi connectivity index (χ4n) is 5.29. The number of ether oxygens (including phenoxy) is 2. The number of hydrogen-bond acceptors (Lipinski definition) is 5. The van der Waals surface area contributed by atoms with Crippen molar-refractivity contribution in [1.29, 1.82) is 0 Å². The van der Waals surface area contributed by atoms with Crippen LogP contribution in [-0.4, -0.2) is 19.8 Å². The first-order valence-electron chi connectivity index (χ1n) is 13.5. The molecule has 2 aromatic carbocycles. The number of thiazole rings is 1. The van der Waals surface area contributed by atoms with Crippen LogP contribution in [0.2, 0.25) is 0 Å². The molecule has 2 aliphatic rings. The van der Waals surface area contributed by atoms with Gasteiger partial charge in [0.15, 0.2) is 0 Å². The lowest BCUT2D eigenvalue weighted by Crippen LogP contribution is -2.33. The van der Waals surface area contributed by atoms with Gasteiger partial charge in [-0.25, -0.2) is 0 Å². The highest BCUT2D eigenvalue weighted by Gasteiger charge is 2.26. The topological polar surface area (TPSA) is 25.6 Å². The van der Waals surface area contributed by atoms with E-state index in [-0.39, 0.29) is 0 Å². The Hall–Kier alpha value is -2.70. The number of fused-ring (bicyclic) bond motifs is 2. The summed E-state index contributed by atoms with van der Waals surface area (Å²) in [4.78, 5) is 3.72. The van der Waals surface area contributed by atoms with Gasteiger partial charge in [-0.15, -0.1) is 0 Å². The van der Waals surface area contributed by atoms with Gasteiger partial charge in [0.25, 0.3) is 5.01 Å². The van der Waals surface area contributed by atoms with Crippen LogP contribution in [0.15, 0.2) is 69.6 Å². The van der Waals surface area contributed by atoms with Gasteiger partial charge in [0.2, 0.25) is 5.52 Å². The Labute approximate surface area is 229 Å². The predicted octanol–water partition coefficient (Wildman–Crippen LogP) is 8.22. The summed E-state index contributed by atoms with van der Waals surface area (Å²) < 4.78 is 15.3. The fraction of sp³-hybridized carbons (Fsp3) is 0.387. The van der Waals surface area contributed by atoms with Crippen molar-refractivity contribution in [1.82, 2.24) is 0 Å². The average Bonchev–Trinajstić information content (AvgIpc) is 3.39. The molecule has 5 rings (SSSR count). The highest BCUT2D eigenvalue weighted by molar-refractivity contribution is 8.03. The van der Waals surface area contributed by atoms with Crippen LogP contribution in [0.1, 0.15) is 52.5 Å².